The third-order valence-electron chi connectivity index (χ3n) is 7.58. The van der Waals surface area contributed by atoms with Crippen molar-refractivity contribution in [3.05, 3.63) is 65.4 Å². The molecule has 3 aliphatic rings. The molecule has 1 aromatic carbocycles. The Morgan fingerprint density at radius 2 is 1.72 bits per heavy atom. The van der Waals surface area contributed by atoms with Gasteiger partial charge in [-0.3, -0.25) is 14.3 Å². The molecule has 0 spiro atoms. The highest BCUT2D eigenvalue weighted by atomic mass is 32.2. The SMILES string of the molecule is Cc1ccc(S(=O)(=O)NC2=C(N3CCN(C(=O)c4ccco4)CC3)C3CCCCC3N(C)C2=O)cc1. The van der Waals surface area contributed by atoms with E-state index in [4.69, 9.17) is 4.42 Å². The molecule has 1 aliphatic carbocycles. The molecule has 0 bridgehead atoms. The van der Waals surface area contributed by atoms with Gasteiger partial charge in [-0.25, -0.2) is 8.42 Å². The van der Waals surface area contributed by atoms with Crippen molar-refractivity contribution >= 4 is 21.8 Å². The summed E-state index contributed by atoms with van der Waals surface area (Å²) in [5.74, 6) is -0.123. The van der Waals surface area contributed by atoms with Gasteiger partial charge in [-0.05, 0) is 44.0 Å². The summed E-state index contributed by atoms with van der Waals surface area (Å²) in [6.07, 6.45) is 5.34. The fraction of sp³-hybridized carbons (Fsp3) is 0.462. The summed E-state index contributed by atoms with van der Waals surface area (Å²) in [6, 6.07) is 9.97. The van der Waals surface area contributed by atoms with Crippen LogP contribution in [0.3, 0.4) is 0 Å². The van der Waals surface area contributed by atoms with E-state index >= 15 is 0 Å². The van der Waals surface area contributed by atoms with Crippen molar-refractivity contribution < 1.29 is 22.4 Å². The molecule has 5 rings (SSSR count). The summed E-state index contributed by atoms with van der Waals surface area (Å²) in [5, 5.41) is 0. The molecule has 9 nitrogen and oxygen atoms in total. The van der Waals surface area contributed by atoms with Gasteiger partial charge in [0.2, 0.25) is 0 Å². The average molecular weight is 513 g/mol. The first-order valence-electron chi connectivity index (χ1n) is 12.4. The number of piperazine rings is 1. The van der Waals surface area contributed by atoms with Gasteiger partial charge >= 0.3 is 0 Å². The van der Waals surface area contributed by atoms with Gasteiger partial charge in [0.25, 0.3) is 21.8 Å². The number of sulfonamides is 1. The van der Waals surface area contributed by atoms with Crippen molar-refractivity contribution in [2.45, 2.75) is 43.5 Å². The van der Waals surface area contributed by atoms with Crippen LogP contribution < -0.4 is 4.72 Å². The van der Waals surface area contributed by atoms with E-state index in [0.717, 1.165) is 36.9 Å². The Kier molecular flexibility index (Phi) is 6.55. The fourth-order valence-corrected chi connectivity index (χ4v) is 6.69. The summed E-state index contributed by atoms with van der Waals surface area (Å²) in [6.45, 7) is 3.84. The summed E-state index contributed by atoms with van der Waals surface area (Å²) in [5.41, 5.74) is 1.85. The van der Waals surface area contributed by atoms with Crippen LogP contribution in [0.25, 0.3) is 0 Å². The highest BCUT2D eigenvalue weighted by Gasteiger charge is 2.44. The number of nitrogens with zero attached hydrogens (tertiary/aromatic N) is 3. The first-order chi connectivity index (χ1) is 17.3. The second-order valence-corrected chi connectivity index (χ2v) is 11.5. The number of hydrogen-bond donors (Lipinski definition) is 1. The van der Waals surface area contributed by atoms with Crippen molar-refractivity contribution in [3.63, 3.8) is 0 Å². The van der Waals surface area contributed by atoms with Crippen LogP contribution in [-0.2, 0) is 14.8 Å². The lowest BCUT2D eigenvalue weighted by Gasteiger charge is -2.48. The Bertz CT molecular complexity index is 1260. The summed E-state index contributed by atoms with van der Waals surface area (Å²) < 4.78 is 34.6. The van der Waals surface area contributed by atoms with Gasteiger partial charge in [0.15, 0.2) is 5.76 Å². The maximum absolute atomic E-state index is 13.6. The minimum Gasteiger partial charge on any atom is -0.459 e. The average Bonchev–Trinajstić information content (AvgIpc) is 3.42. The summed E-state index contributed by atoms with van der Waals surface area (Å²) in [7, 11) is -2.19. The van der Waals surface area contributed by atoms with Crippen molar-refractivity contribution in [2.24, 2.45) is 5.92 Å². The van der Waals surface area contributed by atoms with Gasteiger partial charge in [0.05, 0.1) is 11.2 Å². The number of rotatable bonds is 5. The number of likely N-dealkylation sites (N-methyl/N-ethyl adjacent to an activating group) is 1. The van der Waals surface area contributed by atoms with Crippen LogP contribution in [0.2, 0.25) is 0 Å². The number of furan rings is 1. The first-order valence-corrected chi connectivity index (χ1v) is 13.9. The van der Waals surface area contributed by atoms with E-state index in [0.29, 0.717) is 31.9 Å². The van der Waals surface area contributed by atoms with E-state index in [9.17, 15) is 18.0 Å². The molecule has 2 atom stereocenters. The van der Waals surface area contributed by atoms with E-state index < -0.39 is 10.0 Å². The van der Waals surface area contributed by atoms with E-state index in [1.807, 2.05) is 6.92 Å². The van der Waals surface area contributed by atoms with E-state index in [1.54, 1.807) is 53.2 Å². The van der Waals surface area contributed by atoms with Crippen LogP contribution >= 0.6 is 0 Å². The number of amides is 2. The molecule has 10 heteroatoms. The van der Waals surface area contributed by atoms with Crippen molar-refractivity contribution in [1.29, 1.82) is 0 Å². The number of nitrogens with one attached hydrogen (secondary N) is 1. The summed E-state index contributed by atoms with van der Waals surface area (Å²) in [4.78, 5) is 32.0. The molecule has 2 aromatic rings. The smallest absolute Gasteiger partial charge is 0.289 e. The molecule has 1 N–H and O–H groups in total. The second kappa shape index (κ2) is 9.65. The largest absolute Gasteiger partial charge is 0.459 e. The number of carbonyl (C=O) groups is 2. The normalized spacial score (nSPS) is 23.1. The lowest BCUT2D eigenvalue weighted by Crippen LogP contribution is -2.57. The first kappa shape index (κ1) is 24.4. The van der Waals surface area contributed by atoms with E-state index in [2.05, 4.69) is 9.62 Å². The molecule has 1 saturated heterocycles. The molecule has 192 valence electrons. The maximum Gasteiger partial charge on any atom is 0.289 e. The van der Waals surface area contributed by atoms with Crippen LogP contribution in [0.5, 0.6) is 0 Å². The molecule has 1 aromatic heterocycles. The van der Waals surface area contributed by atoms with Gasteiger partial charge in [-0.15, -0.1) is 0 Å². The Morgan fingerprint density at radius 3 is 2.39 bits per heavy atom. The predicted octanol–water partition coefficient (Wildman–Crippen LogP) is 2.57. The molecule has 2 fully saturated rings. The fourth-order valence-electron chi connectivity index (χ4n) is 5.62. The van der Waals surface area contributed by atoms with Crippen LogP contribution in [-0.4, -0.2) is 74.2 Å². The molecule has 2 amide bonds. The van der Waals surface area contributed by atoms with Gasteiger partial charge in [0.1, 0.15) is 5.70 Å². The third-order valence-corrected chi connectivity index (χ3v) is 8.94. The minimum absolute atomic E-state index is 0.0386. The Hall–Kier alpha value is -3.27. The lowest BCUT2D eigenvalue weighted by molar-refractivity contribution is -0.131. The van der Waals surface area contributed by atoms with Gasteiger partial charge < -0.3 is 19.1 Å². The second-order valence-electron chi connectivity index (χ2n) is 9.81. The number of hydrogen-bond acceptors (Lipinski definition) is 6. The van der Waals surface area contributed by atoms with Gasteiger partial charge in [-0.1, -0.05) is 30.5 Å². The highest BCUT2D eigenvalue weighted by Crippen LogP contribution is 2.40. The Labute approximate surface area is 211 Å². The van der Waals surface area contributed by atoms with Gasteiger partial charge in [0, 0.05) is 50.9 Å². The van der Waals surface area contributed by atoms with Crippen LogP contribution in [0.4, 0.5) is 0 Å². The molecule has 36 heavy (non-hydrogen) atoms. The standard InChI is InChI=1S/C26H32N4O5S/c1-18-9-11-19(12-10-18)36(33,34)27-23-24(20-6-3-4-7-21(20)28(2)26(23)32)29-13-15-30(16-14-29)25(31)22-8-5-17-35-22/h5,8-12,17,20-21,27H,3-4,6-7,13-16H2,1-2H3. The zero-order chi connectivity index (χ0) is 25.4. The zero-order valence-corrected chi connectivity index (χ0v) is 21.5. The molecule has 2 unspecified atom stereocenters. The van der Waals surface area contributed by atoms with E-state index in [-0.39, 0.29) is 34.4 Å². The molecule has 1 saturated carbocycles. The number of aryl methyl sites for hydroxylation is 1. The highest BCUT2D eigenvalue weighted by molar-refractivity contribution is 7.89. The molecular formula is C26H32N4O5S. The van der Waals surface area contributed by atoms with Gasteiger partial charge in [-0.2, -0.15) is 0 Å². The number of fused-ring (bicyclic) bond motifs is 1. The zero-order valence-electron chi connectivity index (χ0n) is 20.6. The van der Waals surface area contributed by atoms with Crippen LogP contribution in [0.1, 0.15) is 41.8 Å². The van der Waals surface area contributed by atoms with Crippen molar-refractivity contribution in [1.82, 2.24) is 19.4 Å². The van der Waals surface area contributed by atoms with Crippen LogP contribution in [0.15, 0.2) is 63.4 Å². The molecule has 0 radical (unpaired) electrons. The minimum atomic E-state index is -3.96. The molecule has 2 aliphatic heterocycles. The predicted molar refractivity (Wildman–Crippen MR) is 133 cm³/mol. The molecular weight excluding hydrogens is 480 g/mol. The topological polar surface area (TPSA) is 103 Å². The molecule has 3 heterocycles. The van der Waals surface area contributed by atoms with Crippen molar-refractivity contribution in [2.75, 3.05) is 33.2 Å². The number of benzene rings is 1. The third kappa shape index (κ3) is 4.50. The summed E-state index contributed by atoms with van der Waals surface area (Å²) >= 11 is 0. The van der Waals surface area contributed by atoms with Crippen molar-refractivity contribution in [3.8, 4) is 0 Å². The Morgan fingerprint density at radius 1 is 1.03 bits per heavy atom. The Balaban J connectivity index is 1.47. The quantitative estimate of drug-likeness (QED) is 0.661. The van der Waals surface area contributed by atoms with E-state index in [1.165, 1.54) is 6.26 Å². The van der Waals surface area contributed by atoms with Crippen LogP contribution in [0, 0.1) is 12.8 Å². The maximum atomic E-state index is 13.6. The monoisotopic (exact) mass is 512 g/mol. The number of carbonyl (C=O) groups excluding carboxylic acids is 2. The lowest BCUT2D eigenvalue weighted by atomic mass is 9.78.